The van der Waals surface area contributed by atoms with E-state index in [0.717, 1.165) is 70.6 Å². The van der Waals surface area contributed by atoms with Gasteiger partial charge < -0.3 is 20.1 Å². The summed E-state index contributed by atoms with van der Waals surface area (Å²) >= 11 is 0. The van der Waals surface area contributed by atoms with E-state index in [2.05, 4.69) is 62.5 Å². The van der Waals surface area contributed by atoms with Crippen LogP contribution in [0.5, 0.6) is 0 Å². The number of unbranched alkanes of at least 4 members (excludes halogenated alkanes) is 15. The quantitative estimate of drug-likeness (QED) is 0.0287. The van der Waals surface area contributed by atoms with E-state index in [1.807, 2.05) is 0 Å². The van der Waals surface area contributed by atoms with Gasteiger partial charge in [0.2, 0.25) is 0 Å². The number of carbonyl (C=O) groups excluding carboxylic acids is 1. The second-order valence-electron chi connectivity index (χ2n) is 12.4. The Balaban J connectivity index is 4.09. The number of hydrogen-bond acceptors (Lipinski definition) is 7. The zero-order valence-corrected chi connectivity index (χ0v) is 31.6. The number of ether oxygens (including phenoxy) is 2. The van der Waals surface area contributed by atoms with E-state index >= 15 is 0 Å². The van der Waals surface area contributed by atoms with Crippen LogP contribution in [-0.4, -0.2) is 49.9 Å². The summed E-state index contributed by atoms with van der Waals surface area (Å²) in [5, 5.41) is 0. The number of rotatable bonds is 36. The van der Waals surface area contributed by atoms with E-state index in [1.165, 1.54) is 64.2 Å². The zero-order chi connectivity index (χ0) is 35.2. The molecule has 0 amide bonds. The molecule has 0 aromatic rings. The predicted molar refractivity (Wildman–Crippen MR) is 201 cm³/mol. The number of hydrogen-bond donors (Lipinski definition) is 2. The molecule has 280 valence electrons. The van der Waals surface area contributed by atoms with Gasteiger partial charge in [-0.1, -0.05) is 146 Å². The van der Waals surface area contributed by atoms with Crippen LogP contribution in [-0.2, 0) is 27.9 Å². The SMILES string of the molecule is CC/C=C\C/C=C\C/C=C\C/C=C\CCCCCCCCC(=O)OC(COCCCCCCCCCCCC)COP(=O)(O)OCCN. The van der Waals surface area contributed by atoms with Crippen molar-refractivity contribution < 1.29 is 32.8 Å². The first-order chi connectivity index (χ1) is 23.4. The van der Waals surface area contributed by atoms with Gasteiger partial charge in [-0.25, -0.2) is 4.57 Å². The Morgan fingerprint density at radius 2 is 1.17 bits per heavy atom. The molecule has 0 bridgehead atoms. The normalized spacial score (nSPS) is 14.2. The van der Waals surface area contributed by atoms with Crippen LogP contribution in [0.4, 0.5) is 0 Å². The van der Waals surface area contributed by atoms with Crippen molar-refractivity contribution in [3.8, 4) is 0 Å². The summed E-state index contributed by atoms with van der Waals surface area (Å²) in [6, 6.07) is 0. The summed E-state index contributed by atoms with van der Waals surface area (Å²) in [6.45, 7) is 4.77. The highest BCUT2D eigenvalue weighted by Gasteiger charge is 2.25. The lowest BCUT2D eigenvalue weighted by atomic mass is 10.1. The summed E-state index contributed by atoms with van der Waals surface area (Å²) in [7, 11) is -4.27. The topological polar surface area (TPSA) is 117 Å². The average molecular weight is 698 g/mol. The summed E-state index contributed by atoms with van der Waals surface area (Å²) < 4.78 is 33.2. The largest absolute Gasteiger partial charge is 0.472 e. The maximum absolute atomic E-state index is 12.5. The molecule has 0 heterocycles. The van der Waals surface area contributed by atoms with Crippen molar-refractivity contribution in [1.29, 1.82) is 0 Å². The molecule has 0 aliphatic heterocycles. The molecule has 0 fully saturated rings. The Bertz CT molecular complexity index is 874. The molecule has 2 atom stereocenters. The fraction of sp³-hybridized carbons (Fsp3) is 0.769. The van der Waals surface area contributed by atoms with Gasteiger partial charge in [-0.15, -0.1) is 0 Å². The first kappa shape index (κ1) is 46.5. The smallest absolute Gasteiger partial charge is 0.457 e. The summed E-state index contributed by atoms with van der Waals surface area (Å²) in [4.78, 5) is 22.4. The van der Waals surface area contributed by atoms with Crippen LogP contribution < -0.4 is 5.73 Å². The minimum atomic E-state index is -4.27. The Morgan fingerprint density at radius 3 is 1.75 bits per heavy atom. The van der Waals surface area contributed by atoms with E-state index in [0.29, 0.717) is 13.0 Å². The highest BCUT2D eigenvalue weighted by Crippen LogP contribution is 2.43. The zero-order valence-electron chi connectivity index (χ0n) is 30.7. The first-order valence-electron chi connectivity index (χ1n) is 19.1. The average Bonchev–Trinajstić information content (AvgIpc) is 3.07. The van der Waals surface area contributed by atoms with Gasteiger partial charge in [-0.2, -0.15) is 0 Å². The monoisotopic (exact) mass is 698 g/mol. The molecule has 48 heavy (non-hydrogen) atoms. The van der Waals surface area contributed by atoms with Crippen molar-refractivity contribution in [3.63, 3.8) is 0 Å². The van der Waals surface area contributed by atoms with E-state index < -0.39 is 13.9 Å². The maximum Gasteiger partial charge on any atom is 0.472 e. The molecular weight excluding hydrogens is 625 g/mol. The molecule has 0 aromatic carbocycles. The van der Waals surface area contributed by atoms with E-state index in [1.54, 1.807) is 0 Å². The molecule has 0 aliphatic rings. The number of allylic oxidation sites excluding steroid dienone is 8. The van der Waals surface area contributed by atoms with Gasteiger partial charge in [-0.05, 0) is 51.4 Å². The Morgan fingerprint density at radius 1 is 0.646 bits per heavy atom. The maximum atomic E-state index is 12.5. The number of phosphoric acid groups is 1. The molecule has 0 spiro atoms. The van der Waals surface area contributed by atoms with Gasteiger partial charge in [-0.3, -0.25) is 13.8 Å². The predicted octanol–water partition coefficient (Wildman–Crippen LogP) is 10.9. The van der Waals surface area contributed by atoms with Crippen molar-refractivity contribution in [2.75, 3.05) is 33.0 Å². The first-order valence-corrected chi connectivity index (χ1v) is 20.6. The van der Waals surface area contributed by atoms with E-state index in [-0.39, 0.29) is 32.3 Å². The van der Waals surface area contributed by atoms with Gasteiger partial charge in [0.1, 0.15) is 6.10 Å². The summed E-state index contributed by atoms with van der Waals surface area (Å²) in [5.41, 5.74) is 5.35. The summed E-state index contributed by atoms with van der Waals surface area (Å²) in [6.07, 6.45) is 41.2. The van der Waals surface area contributed by atoms with Crippen molar-refractivity contribution in [3.05, 3.63) is 48.6 Å². The van der Waals surface area contributed by atoms with Crippen LogP contribution in [0.15, 0.2) is 48.6 Å². The van der Waals surface area contributed by atoms with Crippen molar-refractivity contribution in [2.24, 2.45) is 5.73 Å². The molecule has 0 rings (SSSR count). The van der Waals surface area contributed by atoms with Crippen LogP contribution in [0, 0.1) is 0 Å². The van der Waals surface area contributed by atoms with Crippen LogP contribution in [0.2, 0.25) is 0 Å². The van der Waals surface area contributed by atoms with Crippen molar-refractivity contribution in [2.45, 2.75) is 161 Å². The lowest BCUT2D eigenvalue weighted by Gasteiger charge is -2.20. The molecular formula is C39H72NO7P. The van der Waals surface area contributed by atoms with Crippen molar-refractivity contribution in [1.82, 2.24) is 0 Å². The number of esters is 1. The Kier molecular flexibility index (Phi) is 35.6. The molecule has 0 saturated heterocycles. The number of carbonyl (C=O) groups is 1. The van der Waals surface area contributed by atoms with Gasteiger partial charge in [0, 0.05) is 19.6 Å². The lowest BCUT2D eigenvalue weighted by Crippen LogP contribution is -2.28. The summed E-state index contributed by atoms with van der Waals surface area (Å²) in [5.74, 6) is -0.346. The fourth-order valence-corrected chi connectivity index (χ4v) is 5.75. The van der Waals surface area contributed by atoms with Crippen molar-refractivity contribution >= 4 is 13.8 Å². The second kappa shape index (κ2) is 36.7. The standard InChI is InChI=1S/C39H72NO7P/c1-3-5-7-9-11-13-15-16-17-18-19-20-21-22-23-24-26-28-30-32-39(41)47-38(37-46-48(42,43)45-35-33-40)36-44-34-31-29-27-25-14-12-10-8-6-4-2/h5,7,11,13,16-17,19-20,38H,3-4,6,8-10,12,14-15,18,21-37,40H2,1-2H3,(H,42,43)/b7-5-,13-11-,17-16-,20-19-. The number of phosphoric ester groups is 1. The highest BCUT2D eigenvalue weighted by molar-refractivity contribution is 7.47. The minimum absolute atomic E-state index is 0.0968. The molecule has 0 aromatic heterocycles. The third-order valence-electron chi connectivity index (χ3n) is 7.76. The van der Waals surface area contributed by atoms with Gasteiger partial charge in [0.05, 0.1) is 19.8 Å². The second-order valence-corrected chi connectivity index (χ2v) is 13.9. The molecule has 0 aliphatic carbocycles. The molecule has 3 N–H and O–H groups in total. The molecule has 0 radical (unpaired) electrons. The molecule has 8 nitrogen and oxygen atoms in total. The lowest BCUT2D eigenvalue weighted by molar-refractivity contribution is -0.154. The van der Waals surface area contributed by atoms with Crippen LogP contribution in [0.25, 0.3) is 0 Å². The van der Waals surface area contributed by atoms with Gasteiger partial charge >= 0.3 is 13.8 Å². The molecule has 9 heteroatoms. The molecule has 0 saturated carbocycles. The van der Waals surface area contributed by atoms with Crippen LogP contribution >= 0.6 is 7.82 Å². The fourth-order valence-electron chi connectivity index (χ4n) is 4.99. The third-order valence-corrected chi connectivity index (χ3v) is 8.74. The van der Waals surface area contributed by atoms with Crippen LogP contribution in [0.1, 0.15) is 155 Å². The van der Waals surface area contributed by atoms with Gasteiger partial charge in [0.15, 0.2) is 0 Å². The minimum Gasteiger partial charge on any atom is -0.457 e. The molecule has 2 unspecified atom stereocenters. The van der Waals surface area contributed by atoms with E-state index in [4.69, 9.17) is 24.3 Å². The third kappa shape index (κ3) is 35.8. The Hall–Kier alpha value is -1.54. The van der Waals surface area contributed by atoms with Gasteiger partial charge in [0.25, 0.3) is 0 Å². The Labute approximate surface area is 294 Å². The number of nitrogens with two attached hydrogens (primary N) is 1. The van der Waals surface area contributed by atoms with E-state index in [9.17, 15) is 14.3 Å². The highest BCUT2D eigenvalue weighted by atomic mass is 31.2. The van der Waals surface area contributed by atoms with Crippen LogP contribution in [0.3, 0.4) is 0 Å².